The lowest BCUT2D eigenvalue weighted by Crippen LogP contribution is -2.40. The second-order valence-electron chi connectivity index (χ2n) is 5.27. The quantitative estimate of drug-likeness (QED) is 0.846. The normalized spacial score (nSPS) is 17.9. The molecule has 2 aromatic rings. The maximum absolute atomic E-state index is 12.6. The van der Waals surface area contributed by atoms with Crippen LogP contribution in [0.1, 0.15) is 33.4 Å². The molecule has 7 heteroatoms. The molecule has 3 rings (SSSR count). The minimum absolute atomic E-state index is 0.0429. The van der Waals surface area contributed by atoms with Crippen LogP contribution in [-0.2, 0) is 18.3 Å². The van der Waals surface area contributed by atoms with E-state index in [1.54, 1.807) is 29.7 Å². The average molecular weight is 290 g/mol. The fourth-order valence-electron chi connectivity index (χ4n) is 2.88. The molecule has 2 aromatic heterocycles. The number of amides is 1. The number of rotatable bonds is 3. The van der Waals surface area contributed by atoms with Crippen LogP contribution in [0.4, 0.5) is 0 Å². The molecule has 7 nitrogen and oxygen atoms in total. The lowest BCUT2D eigenvalue weighted by Gasteiger charge is -2.31. The van der Waals surface area contributed by atoms with Crippen molar-refractivity contribution in [2.45, 2.75) is 19.4 Å². The summed E-state index contributed by atoms with van der Waals surface area (Å²) in [6.07, 6.45) is 1.53. The summed E-state index contributed by atoms with van der Waals surface area (Å²) in [5, 5.41) is 8.22. The van der Waals surface area contributed by atoms with E-state index in [1.807, 2.05) is 7.05 Å². The van der Waals surface area contributed by atoms with E-state index in [-0.39, 0.29) is 11.8 Å². The van der Waals surface area contributed by atoms with E-state index in [9.17, 15) is 4.79 Å². The number of ether oxygens (including phenoxy) is 1. The van der Waals surface area contributed by atoms with E-state index in [0.29, 0.717) is 31.0 Å². The van der Waals surface area contributed by atoms with E-state index in [1.165, 1.54) is 6.26 Å². The van der Waals surface area contributed by atoms with Crippen LogP contribution in [0, 0.1) is 6.92 Å². The third kappa shape index (κ3) is 2.33. The van der Waals surface area contributed by atoms with Crippen LogP contribution >= 0.6 is 0 Å². The number of fused-ring (bicyclic) bond motifs is 1. The zero-order valence-electron chi connectivity index (χ0n) is 12.4. The first kappa shape index (κ1) is 13.8. The number of carbonyl (C=O) groups is 1. The van der Waals surface area contributed by atoms with Crippen LogP contribution < -0.4 is 0 Å². The van der Waals surface area contributed by atoms with Crippen LogP contribution in [0.3, 0.4) is 0 Å². The van der Waals surface area contributed by atoms with Gasteiger partial charge >= 0.3 is 0 Å². The van der Waals surface area contributed by atoms with Crippen molar-refractivity contribution in [2.75, 3.05) is 20.3 Å². The summed E-state index contributed by atoms with van der Waals surface area (Å²) >= 11 is 0. The van der Waals surface area contributed by atoms with Gasteiger partial charge in [-0.05, 0) is 13.0 Å². The van der Waals surface area contributed by atoms with Gasteiger partial charge in [-0.3, -0.25) is 9.48 Å². The number of carbonyl (C=O) groups excluding carboxylic acids is 1. The Hall–Kier alpha value is -2.15. The highest BCUT2D eigenvalue weighted by atomic mass is 16.5. The Labute approximate surface area is 122 Å². The molecule has 1 aliphatic heterocycles. The minimum Gasteiger partial charge on any atom is -0.469 e. The molecule has 0 aliphatic carbocycles. The zero-order valence-corrected chi connectivity index (χ0v) is 12.4. The fourth-order valence-corrected chi connectivity index (χ4v) is 2.88. The van der Waals surface area contributed by atoms with Crippen molar-refractivity contribution in [3.8, 4) is 0 Å². The monoisotopic (exact) mass is 290 g/mol. The predicted octanol–water partition coefficient (Wildman–Crippen LogP) is 1.10. The molecule has 3 heterocycles. The van der Waals surface area contributed by atoms with E-state index >= 15 is 0 Å². The van der Waals surface area contributed by atoms with Crippen molar-refractivity contribution >= 4 is 5.91 Å². The molecule has 112 valence electrons. The van der Waals surface area contributed by atoms with Gasteiger partial charge in [-0.15, -0.1) is 5.10 Å². The summed E-state index contributed by atoms with van der Waals surface area (Å²) in [4.78, 5) is 14.4. The van der Waals surface area contributed by atoms with Gasteiger partial charge in [-0.25, -0.2) is 0 Å². The first-order valence-corrected chi connectivity index (χ1v) is 6.82. The molecule has 0 spiro atoms. The van der Waals surface area contributed by atoms with Crippen LogP contribution in [0.2, 0.25) is 0 Å². The Kier molecular flexibility index (Phi) is 3.50. The molecule has 21 heavy (non-hydrogen) atoms. The van der Waals surface area contributed by atoms with Crippen molar-refractivity contribution in [1.29, 1.82) is 0 Å². The maximum Gasteiger partial charge on any atom is 0.257 e. The van der Waals surface area contributed by atoms with E-state index in [2.05, 4.69) is 10.3 Å². The number of aromatic nitrogens is 3. The van der Waals surface area contributed by atoms with Crippen LogP contribution in [0.5, 0.6) is 0 Å². The molecule has 0 radical (unpaired) electrons. The van der Waals surface area contributed by atoms with Gasteiger partial charge in [0.05, 0.1) is 30.7 Å². The summed E-state index contributed by atoms with van der Waals surface area (Å²) in [6, 6.07) is 1.70. The lowest BCUT2D eigenvalue weighted by molar-refractivity contribution is 0.0671. The van der Waals surface area contributed by atoms with Gasteiger partial charge in [0.15, 0.2) is 0 Å². The highest BCUT2D eigenvalue weighted by molar-refractivity contribution is 5.95. The highest BCUT2D eigenvalue weighted by Crippen LogP contribution is 2.28. The summed E-state index contributed by atoms with van der Waals surface area (Å²) in [7, 11) is 3.52. The molecule has 0 bridgehead atoms. The van der Waals surface area contributed by atoms with Crippen LogP contribution in [-0.4, -0.2) is 46.1 Å². The molecule has 0 unspecified atom stereocenters. The number of hydrogen-bond donors (Lipinski definition) is 0. The van der Waals surface area contributed by atoms with Crippen LogP contribution in [0.25, 0.3) is 0 Å². The topological polar surface area (TPSA) is 73.4 Å². The van der Waals surface area contributed by atoms with Gasteiger partial charge in [-0.1, -0.05) is 5.21 Å². The predicted molar refractivity (Wildman–Crippen MR) is 73.8 cm³/mol. The smallest absolute Gasteiger partial charge is 0.257 e. The Morgan fingerprint density at radius 2 is 2.38 bits per heavy atom. The summed E-state index contributed by atoms with van der Waals surface area (Å²) in [5.74, 6) is 0.668. The molecule has 1 atom stereocenters. The Morgan fingerprint density at radius 3 is 3.05 bits per heavy atom. The van der Waals surface area contributed by atoms with Crippen molar-refractivity contribution in [2.24, 2.45) is 7.05 Å². The van der Waals surface area contributed by atoms with Gasteiger partial charge < -0.3 is 14.1 Å². The highest BCUT2D eigenvalue weighted by Gasteiger charge is 2.33. The Bertz CT molecular complexity index is 661. The minimum atomic E-state index is -0.0429. The summed E-state index contributed by atoms with van der Waals surface area (Å²) in [5.41, 5.74) is 2.48. The number of aryl methyl sites for hydroxylation is 2. The van der Waals surface area contributed by atoms with E-state index < -0.39 is 0 Å². The van der Waals surface area contributed by atoms with Gasteiger partial charge in [0.1, 0.15) is 11.5 Å². The number of furan rings is 1. The Balaban J connectivity index is 1.90. The standard InChI is InChI=1S/C14H18N4O3/c1-9-11(4-5-21-9)14(19)18-6-10(8-20-3)13-12(7-18)15-16-17(13)2/h4-5,10H,6-8H2,1-3H3/t10-/m1/s1. The molecular weight excluding hydrogens is 272 g/mol. The van der Waals surface area contributed by atoms with Crippen molar-refractivity contribution < 1.29 is 13.9 Å². The van der Waals surface area contributed by atoms with Gasteiger partial charge in [0.2, 0.25) is 0 Å². The second-order valence-corrected chi connectivity index (χ2v) is 5.27. The van der Waals surface area contributed by atoms with Crippen molar-refractivity contribution in [3.05, 3.63) is 35.0 Å². The molecule has 0 N–H and O–H groups in total. The first-order valence-electron chi connectivity index (χ1n) is 6.82. The van der Waals surface area contributed by atoms with Gasteiger partial charge in [-0.2, -0.15) is 0 Å². The lowest BCUT2D eigenvalue weighted by atomic mass is 9.98. The first-order chi connectivity index (χ1) is 10.1. The largest absolute Gasteiger partial charge is 0.469 e. The Morgan fingerprint density at radius 1 is 1.57 bits per heavy atom. The number of methoxy groups -OCH3 is 1. The SMILES string of the molecule is COC[C@H]1CN(C(=O)c2ccoc2C)Cc2nnn(C)c21. The average Bonchev–Trinajstić information content (AvgIpc) is 3.05. The van der Waals surface area contributed by atoms with Gasteiger partial charge in [0, 0.05) is 26.6 Å². The third-order valence-corrected chi connectivity index (χ3v) is 3.86. The molecule has 1 aliphatic rings. The number of hydrogen-bond acceptors (Lipinski definition) is 5. The summed E-state index contributed by atoms with van der Waals surface area (Å²) < 4.78 is 12.3. The fraction of sp³-hybridized carbons (Fsp3) is 0.500. The van der Waals surface area contributed by atoms with Crippen LogP contribution in [0.15, 0.2) is 16.7 Å². The molecule has 0 fully saturated rings. The molecule has 0 saturated carbocycles. The van der Waals surface area contributed by atoms with E-state index in [0.717, 1.165) is 11.4 Å². The number of nitrogens with zero attached hydrogens (tertiary/aromatic N) is 4. The molecule has 1 amide bonds. The summed E-state index contributed by atoms with van der Waals surface area (Å²) in [6.45, 7) is 3.37. The molecular formula is C14H18N4O3. The maximum atomic E-state index is 12.6. The zero-order chi connectivity index (χ0) is 15.0. The second kappa shape index (κ2) is 5.33. The third-order valence-electron chi connectivity index (χ3n) is 3.86. The van der Waals surface area contributed by atoms with Crippen molar-refractivity contribution in [1.82, 2.24) is 19.9 Å². The van der Waals surface area contributed by atoms with Gasteiger partial charge in [0.25, 0.3) is 5.91 Å². The van der Waals surface area contributed by atoms with E-state index in [4.69, 9.17) is 9.15 Å². The molecule has 0 aromatic carbocycles. The van der Waals surface area contributed by atoms with Crippen molar-refractivity contribution in [3.63, 3.8) is 0 Å². The molecule has 0 saturated heterocycles.